The maximum atomic E-state index is 13.9. The predicted molar refractivity (Wildman–Crippen MR) is 103 cm³/mol. The Balaban J connectivity index is 1.91. The number of nitrogens with zero attached hydrogens (tertiary/aromatic N) is 2. The van der Waals surface area contributed by atoms with Gasteiger partial charge < -0.3 is 10.2 Å². The second kappa shape index (κ2) is 6.26. The number of rotatable bonds is 3. The van der Waals surface area contributed by atoms with Crippen molar-refractivity contribution in [2.45, 2.75) is 0 Å². The second-order valence-corrected chi connectivity index (χ2v) is 6.35. The molecule has 4 rings (SSSR count). The molecule has 130 valence electrons. The van der Waals surface area contributed by atoms with Gasteiger partial charge in [0.15, 0.2) is 11.6 Å². The number of benzene rings is 3. The van der Waals surface area contributed by atoms with Gasteiger partial charge in [0.2, 0.25) is 0 Å². The smallest absolute Gasteiger partial charge is 0.161 e. The molecule has 1 aromatic heterocycles. The molecule has 4 aromatic rings. The first kappa shape index (κ1) is 16.3. The van der Waals surface area contributed by atoms with Crippen molar-refractivity contribution in [3.63, 3.8) is 0 Å². The number of nitrogens with one attached hydrogen (secondary N) is 1. The minimum absolute atomic E-state index is 0.412. The van der Waals surface area contributed by atoms with Crippen LogP contribution in [0, 0.1) is 11.6 Å². The number of hydrogen-bond donors (Lipinski definition) is 1. The van der Waals surface area contributed by atoms with Gasteiger partial charge in [-0.3, -0.25) is 0 Å². The Morgan fingerprint density at radius 1 is 0.808 bits per heavy atom. The maximum Gasteiger partial charge on any atom is 0.161 e. The summed E-state index contributed by atoms with van der Waals surface area (Å²) in [5.74, 6) is -1.79. The van der Waals surface area contributed by atoms with Crippen molar-refractivity contribution in [3.8, 4) is 0 Å². The molecule has 0 spiro atoms. The summed E-state index contributed by atoms with van der Waals surface area (Å²) in [6.07, 6.45) is 0. The van der Waals surface area contributed by atoms with Crippen molar-refractivity contribution in [2.75, 3.05) is 24.3 Å². The van der Waals surface area contributed by atoms with Crippen molar-refractivity contribution >= 4 is 38.9 Å². The number of halogens is 2. The maximum absolute atomic E-state index is 13.9. The zero-order valence-electron chi connectivity index (χ0n) is 14.4. The lowest BCUT2D eigenvalue weighted by molar-refractivity contribution is 0.511. The van der Waals surface area contributed by atoms with E-state index in [1.54, 1.807) is 0 Å². The molecular formula is C21H17F2N3. The fraction of sp³-hybridized carbons (Fsp3) is 0.0952. The Morgan fingerprint density at radius 2 is 1.50 bits per heavy atom. The molecule has 0 bridgehead atoms. The van der Waals surface area contributed by atoms with E-state index in [-0.39, 0.29) is 0 Å². The minimum Gasteiger partial charge on any atom is -0.378 e. The Labute approximate surface area is 149 Å². The normalized spacial score (nSPS) is 11.1. The Kier molecular flexibility index (Phi) is 3.92. The van der Waals surface area contributed by atoms with E-state index in [0.29, 0.717) is 16.6 Å². The molecule has 1 heterocycles. The summed E-state index contributed by atoms with van der Waals surface area (Å²) < 4.78 is 27.6. The van der Waals surface area contributed by atoms with Crippen LogP contribution < -0.4 is 10.2 Å². The number of pyridine rings is 1. The number of para-hydroxylation sites is 1. The number of hydrogen-bond acceptors (Lipinski definition) is 3. The fourth-order valence-corrected chi connectivity index (χ4v) is 3.01. The van der Waals surface area contributed by atoms with Gasteiger partial charge in [0.25, 0.3) is 0 Å². The molecule has 0 unspecified atom stereocenters. The first-order chi connectivity index (χ1) is 12.5. The van der Waals surface area contributed by atoms with Gasteiger partial charge in [-0.05, 0) is 36.4 Å². The van der Waals surface area contributed by atoms with Crippen LogP contribution in [0.2, 0.25) is 0 Å². The third-order valence-electron chi connectivity index (χ3n) is 4.38. The molecule has 26 heavy (non-hydrogen) atoms. The van der Waals surface area contributed by atoms with Crippen molar-refractivity contribution in [3.05, 3.63) is 72.3 Å². The topological polar surface area (TPSA) is 28.2 Å². The number of anilines is 3. The first-order valence-corrected chi connectivity index (χ1v) is 8.25. The van der Waals surface area contributed by atoms with Crippen LogP contribution in [-0.2, 0) is 0 Å². The van der Waals surface area contributed by atoms with Gasteiger partial charge in [-0.15, -0.1) is 0 Å². The van der Waals surface area contributed by atoms with Gasteiger partial charge in [-0.25, -0.2) is 13.8 Å². The highest BCUT2D eigenvalue weighted by atomic mass is 19.2. The molecule has 0 amide bonds. The molecule has 3 nitrogen and oxygen atoms in total. The van der Waals surface area contributed by atoms with Crippen molar-refractivity contribution in [1.29, 1.82) is 0 Å². The van der Waals surface area contributed by atoms with Gasteiger partial charge in [-0.1, -0.05) is 18.2 Å². The average molecular weight is 349 g/mol. The van der Waals surface area contributed by atoms with Crippen LogP contribution in [0.25, 0.3) is 21.8 Å². The van der Waals surface area contributed by atoms with Crippen LogP contribution in [0.3, 0.4) is 0 Å². The van der Waals surface area contributed by atoms with Crippen LogP contribution in [0.15, 0.2) is 60.7 Å². The highest BCUT2D eigenvalue weighted by Gasteiger charge is 2.13. The van der Waals surface area contributed by atoms with E-state index in [1.165, 1.54) is 6.07 Å². The van der Waals surface area contributed by atoms with E-state index >= 15 is 0 Å². The molecule has 0 aliphatic carbocycles. The Morgan fingerprint density at radius 3 is 2.23 bits per heavy atom. The Hall–Kier alpha value is -3.21. The van der Waals surface area contributed by atoms with Crippen LogP contribution in [-0.4, -0.2) is 19.1 Å². The summed E-state index contributed by atoms with van der Waals surface area (Å²) >= 11 is 0. The summed E-state index contributed by atoms with van der Waals surface area (Å²) in [6.45, 7) is 0. The molecule has 1 N–H and O–H groups in total. The van der Waals surface area contributed by atoms with Gasteiger partial charge in [-0.2, -0.15) is 0 Å². The van der Waals surface area contributed by atoms with Crippen LogP contribution in [0.1, 0.15) is 0 Å². The predicted octanol–water partition coefficient (Wildman–Crippen LogP) is 5.48. The van der Waals surface area contributed by atoms with E-state index in [4.69, 9.17) is 0 Å². The highest BCUT2D eigenvalue weighted by Crippen LogP contribution is 2.34. The van der Waals surface area contributed by atoms with E-state index < -0.39 is 11.6 Å². The van der Waals surface area contributed by atoms with Gasteiger partial charge in [0, 0.05) is 42.3 Å². The van der Waals surface area contributed by atoms with Crippen LogP contribution >= 0.6 is 0 Å². The van der Waals surface area contributed by atoms with Crippen molar-refractivity contribution in [1.82, 2.24) is 4.98 Å². The zero-order chi connectivity index (χ0) is 18.3. The Bertz CT molecular complexity index is 1110. The van der Waals surface area contributed by atoms with Crippen molar-refractivity contribution in [2.24, 2.45) is 0 Å². The molecule has 5 heteroatoms. The first-order valence-electron chi connectivity index (χ1n) is 8.25. The average Bonchev–Trinajstić information content (AvgIpc) is 2.63. The summed E-state index contributed by atoms with van der Waals surface area (Å²) in [6, 6.07) is 17.8. The lowest BCUT2D eigenvalue weighted by Gasteiger charge is -2.16. The summed E-state index contributed by atoms with van der Waals surface area (Å²) in [4.78, 5) is 6.48. The quantitative estimate of drug-likeness (QED) is 0.497. The molecule has 0 fully saturated rings. The molecule has 0 aliphatic rings. The SMILES string of the molecule is CN(C)c1ccc(Nc2c3ccccc3nc3cc(F)c(F)cc23)cc1. The third-order valence-corrected chi connectivity index (χ3v) is 4.38. The van der Waals surface area contributed by atoms with E-state index in [1.807, 2.05) is 67.5 Å². The fourth-order valence-electron chi connectivity index (χ4n) is 3.01. The zero-order valence-corrected chi connectivity index (χ0v) is 14.4. The third kappa shape index (κ3) is 2.81. The number of fused-ring (bicyclic) bond motifs is 2. The number of aromatic nitrogens is 1. The van der Waals surface area contributed by atoms with Crippen molar-refractivity contribution < 1.29 is 8.78 Å². The molecule has 0 atom stereocenters. The van der Waals surface area contributed by atoms with Gasteiger partial charge in [0.05, 0.1) is 16.7 Å². The van der Waals surface area contributed by atoms with Crippen LogP contribution in [0.5, 0.6) is 0 Å². The summed E-state index contributed by atoms with van der Waals surface area (Å²) in [7, 11) is 3.95. The van der Waals surface area contributed by atoms with Gasteiger partial charge in [0.1, 0.15) is 0 Å². The highest BCUT2D eigenvalue weighted by molar-refractivity contribution is 6.08. The monoisotopic (exact) mass is 349 g/mol. The van der Waals surface area contributed by atoms with E-state index in [2.05, 4.69) is 10.3 Å². The van der Waals surface area contributed by atoms with Gasteiger partial charge >= 0.3 is 0 Å². The molecule has 3 aromatic carbocycles. The van der Waals surface area contributed by atoms with Crippen LogP contribution in [0.4, 0.5) is 25.8 Å². The largest absolute Gasteiger partial charge is 0.378 e. The molecular weight excluding hydrogens is 332 g/mol. The second-order valence-electron chi connectivity index (χ2n) is 6.35. The molecule has 0 saturated carbocycles. The van der Waals surface area contributed by atoms with E-state index in [0.717, 1.165) is 28.3 Å². The lowest BCUT2D eigenvalue weighted by atomic mass is 10.1. The molecule has 0 aliphatic heterocycles. The van der Waals surface area contributed by atoms with E-state index in [9.17, 15) is 8.78 Å². The molecule has 0 radical (unpaired) electrons. The lowest BCUT2D eigenvalue weighted by Crippen LogP contribution is -2.08. The molecule has 0 saturated heterocycles. The summed E-state index contributed by atoms with van der Waals surface area (Å²) in [5.41, 5.74) is 3.78. The standard InChI is InChI=1S/C21H17F2N3/c1-26(2)14-9-7-13(8-10-14)24-21-15-5-3-4-6-19(15)25-20-12-18(23)17(22)11-16(20)21/h3-12H,1-2H3,(H,24,25). The summed E-state index contributed by atoms with van der Waals surface area (Å²) in [5, 5.41) is 4.75. The minimum atomic E-state index is -0.901.